The summed E-state index contributed by atoms with van der Waals surface area (Å²) in [5, 5.41) is 20.2. The fourth-order valence-electron chi connectivity index (χ4n) is 2.09. The highest BCUT2D eigenvalue weighted by molar-refractivity contribution is 8.00. The van der Waals surface area contributed by atoms with Crippen LogP contribution in [-0.2, 0) is 0 Å². The molecule has 0 aromatic heterocycles. The second kappa shape index (κ2) is 5.39. The van der Waals surface area contributed by atoms with Crippen LogP contribution >= 0.6 is 11.8 Å². The standard InChI is InChI=1S/C12H13NO4S/c14-12(15)10-7-8(13(16)17)5-6-11(10)18-9-3-1-2-4-9/h5-7,9H,1-4H2,(H,14,15). The number of rotatable bonds is 4. The van der Waals surface area contributed by atoms with E-state index in [2.05, 4.69) is 0 Å². The highest BCUT2D eigenvalue weighted by Crippen LogP contribution is 2.37. The average Bonchev–Trinajstić information content (AvgIpc) is 2.81. The number of non-ortho nitro benzene ring substituents is 1. The van der Waals surface area contributed by atoms with E-state index in [0.717, 1.165) is 18.9 Å². The first-order valence-corrected chi connectivity index (χ1v) is 6.64. The topological polar surface area (TPSA) is 80.4 Å². The number of nitro groups is 1. The first kappa shape index (κ1) is 12.9. The summed E-state index contributed by atoms with van der Waals surface area (Å²) in [6, 6.07) is 4.05. The van der Waals surface area contributed by atoms with Crippen LogP contribution in [0.25, 0.3) is 0 Å². The second-order valence-electron chi connectivity index (χ2n) is 4.27. The summed E-state index contributed by atoms with van der Waals surface area (Å²) in [6.45, 7) is 0. The van der Waals surface area contributed by atoms with E-state index >= 15 is 0 Å². The smallest absolute Gasteiger partial charge is 0.337 e. The molecule has 18 heavy (non-hydrogen) atoms. The number of hydrogen-bond acceptors (Lipinski definition) is 4. The maximum Gasteiger partial charge on any atom is 0.337 e. The molecule has 1 fully saturated rings. The van der Waals surface area contributed by atoms with Crippen LogP contribution in [0.2, 0.25) is 0 Å². The Morgan fingerprint density at radius 2 is 2.06 bits per heavy atom. The molecule has 0 heterocycles. The van der Waals surface area contributed by atoms with Crippen molar-refractivity contribution in [3.63, 3.8) is 0 Å². The minimum Gasteiger partial charge on any atom is -0.478 e. The molecule has 2 rings (SSSR count). The highest BCUT2D eigenvalue weighted by Gasteiger charge is 2.21. The van der Waals surface area contributed by atoms with Crippen molar-refractivity contribution in [2.24, 2.45) is 0 Å². The lowest BCUT2D eigenvalue weighted by molar-refractivity contribution is -0.384. The third-order valence-electron chi connectivity index (χ3n) is 3.00. The minimum absolute atomic E-state index is 0.0288. The Morgan fingerprint density at radius 1 is 1.39 bits per heavy atom. The Labute approximate surface area is 108 Å². The summed E-state index contributed by atoms with van der Waals surface area (Å²) >= 11 is 1.52. The minimum atomic E-state index is -1.11. The van der Waals surface area contributed by atoms with Gasteiger partial charge in [0.15, 0.2) is 0 Å². The normalized spacial score (nSPS) is 15.8. The summed E-state index contributed by atoms with van der Waals surface area (Å²) in [5.74, 6) is -1.11. The van der Waals surface area contributed by atoms with Crippen molar-refractivity contribution < 1.29 is 14.8 Å². The molecular formula is C12H13NO4S. The average molecular weight is 267 g/mol. The number of benzene rings is 1. The monoisotopic (exact) mass is 267 g/mol. The molecule has 6 heteroatoms. The summed E-state index contributed by atoms with van der Waals surface area (Å²) in [7, 11) is 0. The van der Waals surface area contributed by atoms with Gasteiger partial charge in [0.05, 0.1) is 10.5 Å². The van der Waals surface area contributed by atoms with Gasteiger partial charge in [-0.3, -0.25) is 10.1 Å². The van der Waals surface area contributed by atoms with Crippen molar-refractivity contribution in [3.8, 4) is 0 Å². The molecule has 0 amide bonds. The molecular weight excluding hydrogens is 254 g/mol. The number of carbonyl (C=O) groups is 1. The number of aromatic carboxylic acids is 1. The molecule has 0 bridgehead atoms. The van der Waals surface area contributed by atoms with Gasteiger partial charge in [0.1, 0.15) is 0 Å². The Morgan fingerprint density at radius 3 is 2.61 bits per heavy atom. The zero-order valence-corrected chi connectivity index (χ0v) is 10.5. The molecule has 1 aliphatic carbocycles. The maximum absolute atomic E-state index is 11.1. The van der Waals surface area contributed by atoms with E-state index < -0.39 is 10.9 Å². The van der Waals surface area contributed by atoms with Gasteiger partial charge < -0.3 is 5.11 Å². The van der Waals surface area contributed by atoms with Crippen molar-refractivity contribution in [1.82, 2.24) is 0 Å². The van der Waals surface area contributed by atoms with E-state index in [0.29, 0.717) is 10.1 Å². The fourth-order valence-corrected chi connectivity index (χ4v) is 3.44. The molecule has 0 saturated heterocycles. The SMILES string of the molecule is O=C(O)c1cc([N+](=O)[O-])ccc1SC1CCCC1. The number of nitro benzene ring substituents is 1. The number of thioether (sulfide) groups is 1. The molecule has 0 spiro atoms. The van der Waals surface area contributed by atoms with Crippen molar-refractivity contribution in [3.05, 3.63) is 33.9 Å². The van der Waals surface area contributed by atoms with E-state index in [1.165, 1.54) is 30.7 Å². The van der Waals surface area contributed by atoms with Crippen molar-refractivity contribution in [1.29, 1.82) is 0 Å². The predicted octanol–water partition coefficient (Wildman–Crippen LogP) is 3.33. The predicted molar refractivity (Wildman–Crippen MR) is 68.2 cm³/mol. The second-order valence-corrected chi connectivity index (χ2v) is 5.61. The summed E-state index contributed by atoms with van der Waals surface area (Å²) in [5.41, 5.74) is -0.149. The Bertz CT molecular complexity index is 483. The number of carboxylic acids is 1. The molecule has 96 valence electrons. The molecule has 5 nitrogen and oxygen atoms in total. The van der Waals surface area contributed by atoms with Crippen LogP contribution in [0, 0.1) is 10.1 Å². The van der Waals surface area contributed by atoms with Crippen molar-refractivity contribution >= 4 is 23.4 Å². The van der Waals surface area contributed by atoms with Crippen LogP contribution in [0.15, 0.2) is 23.1 Å². The summed E-state index contributed by atoms with van der Waals surface area (Å²) in [6.07, 6.45) is 4.52. The Balaban J connectivity index is 2.28. The first-order chi connectivity index (χ1) is 8.58. The third kappa shape index (κ3) is 2.81. The van der Waals surface area contributed by atoms with Gasteiger partial charge in [-0.15, -0.1) is 11.8 Å². The van der Waals surface area contributed by atoms with Crippen LogP contribution in [0.3, 0.4) is 0 Å². The van der Waals surface area contributed by atoms with Crippen molar-refractivity contribution in [2.45, 2.75) is 35.8 Å². The lowest BCUT2D eigenvalue weighted by Crippen LogP contribution is -2.03. The lowest BCUT2D eigenvalue weighted by Gasteiger charge is -2.10. The Hall–Kier alpha value is -1.56. The number of hydrogen-bond donors (Lipinski definition) is 1. The van der Waals surface area contributed by atoms with E-state index in [-0.39, 0.29) is 11.3 Å². The maximum atomic E-state index is 11.1. The van der Waals surface area contributed by atoms with Gasteiger partial charge in [0, 0.05) is 22.3 Å². The summed E-state index contributed by atoms with van der Waals surface area (Å²) < 4.78 is 0. The van der Waals surface area contributed by atoms with Gasteiger partial charge in [0.2, 0.25) is 0 Å². The molecule has 1 aliphatic rings. The van der Waals surface area contributed by atoms with E-state index in [1.807, 2.05) is 0 Å². The lowest BCUT2D eigenvalue weighted by atomic mass is 10.2. The molecule has 0 unspecified atom stereocenters. The number of carboxylic acid groups (broad SMARTS) is 1. The van der Waals surface area contributed by atoms with Gasteiger partial charge in [0.25, 0.3) is 5.69 Å². The van der Waals surface area contributed by atoms with Crippen LogP contribution in [0.4, 0.5) is 5.69 Å². The van der Waals surface area contributed by atoms with E-state index in [9.17, 15) is 14.9 Å². The highest BCUT2D eigenvalue weighted by atomic mass is 32.2. The molecule has 1 aromatic carbocycles. The van der Waals surface area contributed by atoms with Crippen LogP contribution in [-0.4, -0.2) is 21.2 Å². The van der Waals surface area contributed by atoms with Gasteiger partial charge in [-0.1, -0.05) is 12.8 Å². The molecule has 1 aromatic rings. The zero-order valence-electron chi connectivity index (χ0n) is 9.67. The van der Waals surface area contributed by atoms with Crippen LogP contribution in [0.1, 0.15) is 36.0 Å². The zero-order chi connectivity index (χ0) is 13.1. The van der Waals surface area contributed by atoms with Crippen LogP contribution in [0.5, 0.6) is 0 Å². The molecule has 1 N–H and O–H groups in total. The van der Waals surface area contributed by atoms with Crippen LogP contribution < -0.4 is 0 Å². The summed E-state index contributed by atoms with van der Waals surface area (Å²) in [4.78, 5) is 21.8. The van der Waals surface area contributed by atoms with E-state index in [4.69, 9.17) is 5.11 Å². The largest absolute Gasteiger partial charge is 0.478 e. The molecule has 0 atom stereocenters. The molecule has 0 radical (unpaired) electrons. The van der Waals surface area contributed by atoms with Gasteiger partial charge in [-0.2, -0.15) is 0 Å². The quantitative estimate of drug-likeness (QED) is 0.668. The van der Waals surface area contributed by atoms with E-state index in [1.54, 1.807) is 6.07 Å². The molecule has 1 saturated carbocycles. The third-order valence-corrected chi connectivity index (χ3v) is 4.41. The number of nitrogens with zero attached hydrogens (tertiary/aromatic N) is 1. The van der Waals surface area contributed by atoms with Gasteiger partial charge >= 0.3 is 5.97 Å². The Kier molecular flexibility index (Phi) is 3.86. The van der Waals surface area contributed by atoms with Gasteiger partial charge in [-0.05, 0) is 18.9 Å². The first-order valence-electron chi connectivity index (χ1n) is 5.76. The van der Waals surface area contributed by atoms with Crippen molar-refractivity contribution in [2.75, 3.05) is 0 Å². The fraction of sp³-hybridized carbons (Fsp3) is 0.417. The molecule has 0 aliphatic heterocycles. The van der Waals surface area contributed by atoms with Gasteiger partial charge in [-0.25, -0.2) is 4.79 Å².